The molecule has 1 amide bonds. The number of amides is 1. The molecule has 0 aliphatic carbocycles. The van der Waals surface area contributed by atoms with Gasteiger partial charge in [-0.2, -0.15) is 0 Å². The van der Waals surface area contributed by atoms with Crippen molar-refractivity contribution in [1.82, 2.24) is 0 Å². The Bertz CT molecular complexity index is 490. The van der Waals surface area contributed by atoms with Gasteiger partial charge in [0.15, 0.2) is 0 Å². The lowest BCUT2D eigenvalue weighted by atomic mass is 9.98. The first-order valence-electron chi connectivity index (χ1n) is 8.04. The van der Waals surface area contributed by atoms with Crippen LogP contribution in [0.1, 0.15) is 26.2 Å². The second kappa shape index (κ2) is 8.54. The molecule has 1 aromatic rings. The minimum absolute atomic E-state index is 0.0131. The van der Waals surface area contributed by atoms with E-state index in [9.17, 15) is 9.59 Å². The van der Waals surface area contributed by atoms with Gasteiger partial charge in [0.25, 0.3) is 0 Å². The average molecular weight is 305 g/mol. The Balaban J connectivity index is 1.74. The van der Waals surface area contributed by atoms with Gasteiger partial charge in [0.2, 0.25) is 5.91 Å². The van der Waals surface area contributed by atoms with E-state index < -0.39 is 0 Å². The number of esters is 1. The summed E-state index contributed by atoms with van der Waals surface area (Å²) < 4.78 is 5.10. The van der Waals surface area contributed by atoms with E-state index >= 15 is 0 Å². The summed E-state index contributed by atoms with van der Waals surface area (Å²) in [5.74, 6) is -0.0775. The molecule has 1 saturated heterocycles. The highest BCUT2D eigenvalue weighted by atomic mass is 16.5. The van der Waals surface area contributed by atoms with Crippen LogP contribution in [0, 0.1) is 5.92 Å². The first-order valence-corrected chi connectivity index (χ1v) is 8.04. The van der Waals surface area contributed by atoms with Gasteiger partial charge in [-0.15, -0.1) is 0 Å². The van der Waals surface area contributed by atoms with E-state index in [4.69, 9.17) is 4.74 Å². The van der Waals surface area contributed by atoms with E-state index in [1.807, 2.05) is 37.3 Å². The van der Waals surface area contributed by atoms with E-state index in [2.05, 4.69) is 5.32 Å². The Morgan fingerprint density at radius 2 is 2.09 bits per heavy atom. The van der Waals surface area contributed by atoms with E-state index in [0.717, 1.165) is 38.2 Å². The number of carbonyl (C=O) groups excluding carboxylic acids is 2. The normalized spacial score (nSPS) is 21.1. The minimum atomic E-state index is -0.0894. The number of anilines is 1. The third kappa shape index (κ3) is 5.15. The van der Waals surface area contributed by atoms with Gasteiger partial charge < -0.3 is 15.0 Å². The molecule has 22 heavy (non-hydrogen) atoms. The summed E-state index contributed by atoms with van der Waals surface area (Å²) in [5, 5.41) is 2.89. The molecular weight excluding hydrogens is 280 g/mol. The molecule has 0 saturated carbocycles. The van der Waals surface area contributed by atoms with Crippen LogP contribution in [0.15, 0.2) is 30.3 Å². The maximum Gasteiger partial charge on any atom is 0.314 e. The molecule has 1 unspecified atom stereocenters. The van der Waals surface area contributed by atoms with Crippen LogP contribution in [0.2, 0.25) is 0 Å². The van der Waals surface area contributed by atoms with Crippen molar-refractivity contribution in [2.45, 2.75) is 26.2 Å². The standard InChI is InChI=1S/C17H24N2O3/c1-2-22-17(21)14-7-6-11-19(13-14)12-10-16(20)18-15-8-4-3-5-9-15/h3-5,8-9,14H,2,6-7,10-13H2,1H3,(H,18,20)/p+1/t14-/m1/s1. The molecule has 1 aliphatic heterocycles. The number of piperidine rings is 1. The Morgan fingerprint density at radius 3 is 2.82 bits per heavy atom. The van der Waals surface area contributed by atoms with E-state index in [1.54, 1.807) is 0 Å². The number of carbonyl (C=O) groups is 2. The highest BCUT2D eigenvalue weighted by Crippen LogP contribution is 2.09. The topological polar surface area (TPSA) is 59.8 Å². The lowest BCUT2D eigenvalue weighted by molar-refractivity contribution is -0.906. The summed E-state index contributed by atoms with van der Waals surface area (Å²) in [7, 11) is 0. The second-order valence-corrected chi connectivity index (χ2v) is 5.71. The average Bonchev–Trinajstić information content (AvgIpc) is 2.54. The molecule has 0 aromatic heterocycles. The molecule has 0 radical (unpaired) electrons. The van der Waals surface area contributed by atoms with Crippen molar-refractivity contribution in [1.29, 1.82) is 0 Å². The van der Waals surface area contributed by atoms with Crippen LogP contribution in [-0.4, -0.2) is 38.1 Å². The van der Waals surface area contributed by atoms with Gasteiger partial charge in [-0.05, 0) is 31.9 Å². The number of hydrogen-bond donors (Lipinski definition) is 2. The molecule has 0 bridgehead atoms. The number of quaternary nitrogens is 1. The fraction of sp³-hybridized carbons (Fsp3) is 0.529. The number of nitrogens with one attached hydrogen (secondary N) is 2. The number of ether oxygens (including phenoxy) is 1. The number of para-hydroxylation sites is 1. The summed E-state index contributed by atoms with van der Waals surface area (Å²) in [5.41, 5.74) is 0.825. The van der Waals surface area contributed by atoms with Gasteiger partial charge in [-0.1, -0.05) is 18.2 Å². The molecule has 1 fully saturated rings. The van der Waals surface area contributed by atoms with Crippen molar-refractivity contribution in [3.8, 4) is 0 Å². The number of benzene rings is 1. The Kier molecular flexibility index (Phi) is 6.40. The third-order valence-electron chi connectivity index (χ3n) is 4.00. The Morgan fingerprint density at radius 1 is 1.32 bits per heavy atom. The van der Waals surface area contributed by atoms with Crippen LogP contribution in [-0.2, 0) is 14.3 Å². The predicted molar refractivity (Wildman–Crippen MR) is 84.6 cm³/mol. The number of rotatable bonds is 6. The lowest BCUT2D eigenvalue weighted by Crippen LogP contribution is -3.13. The highest BCUT2D eigenvalue weighted by molar-refractivity contribution is 5.90. The number of likely N-dealkylation sites (tertiary alicyclic amines) is 1. The molecule has 5 nitrogen and oxygen atoms in total. The van der Waals surface area contributed by atoms with Crippen LogP contribution < -0.4 is 10.2 Å². The molecular formula is C17H25N2O3+. The quantitative estimate of drug-likeness (QED) is 0.767. The first kappa shape index (κ1) is 16.5. The summed E-state index contributed by atoms with van der Waals surface area (Å²) >= 11 is 0. The maximum atomic E-state index is 12.0. The van der Waals surface area contributed by atoms with Crippen molar-refractivity contribution in [2.75, 3.05) is 31.6 Å². The van der Waals surface area contributed by atoms with Crippen molar-refractivity contribution in [3.63, 3.8) is 0 Å². The van der Waals surface area contributed by atoms with Crippen molar-refractivity contribution >= 4 is 17.6 Å². The minimum Gasteiger partial charge on any atom is -0.466 e. The van der Waals surface area contributed by atoms with Crippen LogP contribution in [0.3, 0.4) is 0 Å². The van der Waals surface area contributed by atoms with Gasteiger partial charge in [0.05, 0.1) is 32.7 Å². The predicted octanol–water partition coefficient (Wildman–Crippen LogP) is 0.873. The molecule has 2 rings (SSSR count). The van der Waals surface area contributed by atoms with Gasteiger partial charge in [-0.3, -0.25) is 9.59 Å². The molecule has 1 aromatic carbocycles. The van der Waals surface area contributed by atoms with E-state index in [0.29, 0.717) is 13.0 Å². The van der Waals surface area contributed by atoms with E-state index in [-0.39, 0.29) is 17.8 Å². The van der Waals surface area contributed by atoms with Crippen LogP contribution in [0.5, 0.6) is 0 Å². The first-order chi connectivity index (χ1) is 10.7. The van der Waals surface area contributed by atoms with Gasteiger partial charge in [-0.25, -0.2) is 0 Å². The zero-order valence-corrected chi connectivity index (χ0v) is 13.1. The Labute approximate surface area is 131 Å². The third-order valence-corrected chi connectivity index (χ3v) is 4.00. The van der Waals surface area contributed by atoms with Crippen LogP contribution >= 0.6 is 0 Å². The fourth-order valence-corrected chi connectivity index (χ4v) is 2.87. The molecule has 2 N–H and O–H groups in total. The largest absolute Gasteiger partial charge is 0.466 e. The summed E-state index contributed by atoms with van der Waals surface area (Å²) in [6.07, 6.45) is 2.39. The molecule has 1 heterocycles. The lowest BCUT2D eigenvalue weighted by Gasteiger charge is -2.28. The number of hydrogen-bond acceptors (Lipinski definition) is 3. The highest BCUT2D eigenvalue weighted by Gasteiger charge is 2.29. The summed E-state index contributed by atoms with van der Waals surface area (Å²) in [6, 6.07) is 9.47. The van der Waals surface area contributed by atoms with Crippen molar-refractivity contribution in [2.24, 2.45) is 5.92 Å². The summed E-state index contributed by atoms with van der Waals surface area (Å²) in [4.78, 5) is 25.1. The van der Waals surface area contributed by atoms with Crippen molar-refractivity contribution < 1.29 is 19.2 Å². The van der Waals surface area contributed by atoms with Crippen LogP contribution in [0.4, 0.5) is 5.69 Å². The van der Waals surface area contributed by atoms with Crippen molar-refractivity contribution in [3.05, 3.63) is 30.3 Å². The van der Waals surface area contributed by atoms with Gasteiger partial charge >= 0.3 is 5.97 Å². The zero-order valence-electron chi connectivity index (χ0n) is 13.1. The van der Waals surface area contributed by atoms with Gasteiger partial charge in [0.1, 0.15) is 5.92 Å². The zero-order chi connectivity index (χ0) is 15.8. The fourth-order valence-electron chi connectivity index (χ4n) is 2.87. The SMILES string of the molecule is CCOC(=O)[C@@H]1CCC[NH+](CCC(=O)Nc2ccccc2)C1. The smallest absolute Gasteiger partial charge is 0.314 e. The second-order valence-electron chi connectivity index (χ2n) is 5.71. The summed E-state index contributed by atoms with van der Waals surface area (Å²) in [6.45, 7) is 4.82. The molecule has 5 heteroatoms. The monoisotopic (exact) mass is 305 g/mol. The van der Waals surface area contributed by atoms with E-state index in [1.165, 1.54) is 4.90 Å². The van der Waals surface area contributed by atoms with Crippen LogP contribution in [0.25, 0.3) is 0 Å². The molecule has 1 aliphatic rings. The maximum absolute atomic E-state index is 12.0. The Hall–Kier alpha value is -1.88. The molecule has 120 valence electrons. The molecule has 2 atom stereocenters. The molecule has 0 spiro atoms. The van der Waals surface area contributed by atoms with Gasteiger partial charge in [0, 0.05) is 5.69 Å².